The Labute approximate surface area is 116 Å². The van der Waals surface area contributed by atoms with E-state index in [9.17, 15) is 5.26 Å². The quantitative estimate of drug-likeness (QED) is 0.925. The third-order valence-corrected chi connectivity index (χ3v) is 3.73. The highest BCUT2D eigenvalue weighted by Crippen LogP contribution is 2.17. The van der Waals surface area contributed by atoms with Gasteiger partial charge in [-0.2, -0.15) is 10.4 Å². The van der Waals surface area contributed by atoms with E-state index in [1.54, 1.807) is 11.3 Å². The van der Waals surface area contributed by atoms with Gasteiger partial charge in [-0.15, -0.1) is 16.4 Å². The number of hydrogen-bond donors (Lipinski definition) is 1. The Balaban J connectivity index is 2.04. The molecule has 0 amide bonds. The molecule has 19 heavy (non-hydrogen) atoms. The van der Waals surface area contributed by atoms with E-state index < -0.39 is 0 Å². The molecule has 6 heteroatoms. The molecule has 2 rings (SSSR count). The highest BCUT2D eigenvalue weighted by Gasteiger charge is 2.10. The van der Waals surface area contributed by atoms with Gasteiger partial charge in [-0.05, 0) is 26.3 Å². The number of rotatable bonds is 4. The molecule has 0 saturated heterocycles. The SMILES string of the molecule is Cc1nc(CCNc2nnc(C)c(C)c2C#N)cs1. The van der Waals surface area contributed by atoms with Crippen molar-refractivity contribution in [3.05, 3.63) is 32.9 Å². The van der Waals surface area contributed by atoms with Crippen LogP contribution in [0.4, 0.5) is 5.82 Å². The Bertz CT molecular complexity index is 626. The molecule has 0 unspecified atom stereocenters. The molecule has 0 aliphatic rings. The van der Waals surface area contributed by atoms with Crippen molar-refractivity contribution in [3.63, 3.8) is 0 Å². The molecule has 0 fully saturated rings. The average molecular weight is 273 g/mol. The van der Waals surface area contributed by atoms with Crippen LogP contribution in [0, 0.1) is 32.1 Å². The van der Waals surface area contributed by atoms with Crippen molar-refractivity contribution in [3.8, 4) is 6.07 Å². The monoisotopic (exact) mass is 273 g/mol. The van der Waals surface area contributed by atoms with E-state index in [0.717, 1.165) is 28.4 Å². The van der Waals surface area contributed by atoms with Crippen LogP contribution in [0.1, 0.15) is 27.5 Å². The molecule has 2 heterocycles. The van der Waals surface area contributed by atoms with Crippen LogP contribution in [0.25, 0.3) is 0 Å². The predicted octanol–water partition coefficient (Wildman–Crippen LogP) is 2.38. The first-order chi connectivity index (χ1) is 9.11. The van der Waals surface area contributed by atoms with Crippen LogP contribution in [0.15, 0.2) is 5.38 Å². The summed E-state index contributed by atoms with van der Waals surface area (Å²) >= 11 is 1.64. The second-order valence-electron chi connectivity index (χ2n) is 4.28. The molecule has 0 spiro atoms. The molecule has 0 aliphatic carbocycles. The molecule has 0 atom stereocenters. The fourth-order valence-corrected chi connectivity index (χ4v) is 2.35. The first kappa shape index (κ1) is 13.4. The molecular weight excluding hydrogens is 258 g/mol. The Morgan fingerprint density at radius 1 is 1.32 bits per heavy atom. The zero-order valence-electron chi connectivity index (χ0n) is 11.2. The minimum absolute atomic E-state index is 0.553. The maximum absolute atomic E-state index is 9.17. The van der Waals surface area contributed by atoms with Crippen LogP contribution in [-0.2, 0) is 6.42 Å². The lowest BCUT2D eigenvalue weighted by Gasteiger charge is -2.08. The van der Waals surface area contributed by atoms with Crippen molar-refractivity contribution >= 4 is 17.2 Å². The number of thiazole rings is 1. The number of hydrogen-bond acceptors (Lipinski definition) is 6. The van der Waals surface area contributed by atoms with Crippen LogP contribution >= 0.6 is 11.3 Å². The molecule has 2 aromatic heterocycles. The molecule has 1 N–H and O–H groups in total. The smallest absolute Gasteiger partial charge is 0.166 e. The van der Waals surface area contributed by atoms with Gasteiger partial charge in [0.2, 0.25) is 0 Å². The number of nitriles is 1. The van der Waals surface area contributed by atoms with E-state index in [0.29, 0.717) is 17.9 Å². The summed E-state index contributed by atoms with van der Waals surface area (Å²) < 4.78 is 0. The average Bonchev–Trinajstić information content (AvgIpc) is 2.80. The van der Waals surface area contributed by atoms with Gasteiger partial charge in [-0.1, -0.05) is 0 Å². The largest absolute Gasteiger partial charge is 0.367 e. The number of aromatic nitrogens is 3. The standard InChI is InChI=1S/C13H15N5S/c1-8-9(2)17-18-13(12(8)6-14)15-5-4-11-7-19-10(3)16-11/h7H,4-5H2,1-3H3,(H,15,18). The van der Waals surface area contributed by atoms with Crippen molar-refractivity contribution in [2.75, 3.05) is 11.9 Å². The normalized spacial score (nSPS) is 10.2. The molecule has 2 aromatic rings. The first-order valence-corrected chi connectivity index (χ1v) is 6.88. The Hall–Kier alpha value is -2.00. The van der Waals surface area contributed by atoms with Gasteiger partial charge in [-0.3, -0.25) is 0 Å². The lowest BCUT2D eigenvalue weighted by molar-refractivity contribution is 0.915. The number of nitrogens with one attached hydrogen (secondary N) is 1. The van der Waals surface area contributed by atoms with E-state index in [1.807, 2.05) is 26.2 Å². The second kappa shape index (κ2) is 5.76. The van der Waals surface area contributed by atoms with Gasteiger partial charge in [0.05, 0.1) is 16.4 Å². The van der Waals surface area contributed by atoms with Crippen molar-refractivity contribution in [2.24, 2.45) is 0 Å². The van der Waals surface area contributed by atoms with E-state index in [1.165, 1.54) is 0 Å². The molecular formula is C13H15N5S. The minimum Gasteiger partial charge on any atom is -0.367 e. The maximum atomic E-state index is 9.17. The third kappa shape index (κ3) is 3.06. The van der Waals surface area contributed by atoms with Crippen LogP contribution in [0.5, 0.6) is 0 Å². The summed E-state index contributed by atoms with van der Waals surface area (Å²) in [5.74, 6) is 0.553. The molecule has 0 aromatic carbocycles. The van der Waals surface area contributed by atoms with Crippen LogP contribution < -0.4 is 5.32 Å². The van der Waals surface area contributed by atoms with E-state index >= 15 is 0 Å². The van der Waals surface area contributed by atoms with Crippen molar-refractivity contribution < 1.29 is 0 Å². The fraction of sp³-hybridized carbons (Fsp3) is 0.385. The Kier molecular flexibility index (Phi) is 4.07. The second-order valence-corrected chi connectivity index (χ2v) is 5.34. The first-order valence-electron chi connectivity index (χ1n) is 6.00. The van der Waals surface area contributed by atoms with Gasteiger partial charge in [0, 0.05) is 18.3 Å². The van der Waals surface area contributed by atoms with Crippen LogP contribution in [0.2, 0.25) is 0 Å². The summed E-state index contributed by atoms with van der Waals surface area (Å²) in [4.78, 5) is 4.39. The highest BCUT2D eigenvalue weighted by atomic mass is 32.1. The zero-order chi connectivity index (χ0) is 13.8. The summed E-state index contributed by atoms with van der Waals surface area (Å²) in [6.45, 7) is 6.42. The third-order valence-electron chi connectivity index (χ3n) is 2.91. The van der Waals surface area contributed by atoms with Crippen molar-refractivity contribution in [1.82, 2.24) is 15.2 Å². The van der Waals surface area contributed by atoms with Crippen molar-refractivity contribution in [1.29, 1.82) is 5.26 Å². The molecule has 0 radical (unpaired) electrons. The topological polar surface area (TPSA) is 74.5 Å². The van der Waals surface area contributed by atoms with Gasteiger partial charge >= 0.3 is 0 Å². The lowest BCUT2D eigenvalue weighted by Crippen LogP contribution is -2.10. The summed E-state index contributed by atoms with van der Waals surface area (Å²) in [6.07, 6.45) is 0.809. The van der Waals surface area contributed by atoms with Crippen molar-refractivity contribution in [2.45, 2.75) is 27.2 Å². The van der Waals surface area contributed by atoms with Gasteiger partial charge in [0.1, 0.15) is 11.6 Å². The summed E-state index contributed by atoms with van der Waals surface area (Å²) in [5.41, 5.74) is 3.30. The van der Waals surface area contributed by atoms with Crippen LogP contribution in [-0.4, -0.2) is 21.7 Å². The van der Waals surface area contributed by atoms with E-state index in [4.69, 9.17) is 0 Å². The Morgan fingerprint density at radius 2 is 2.11 bits per heavy atom. The maximum Gasteiger partial charge on any atom is 0.166 e. The fourth-order valence-electron chi connectivity index (χ4n) is 1.70. The zero-order valence-corrected chi connectivity index (χ0v) is 12.0. The molecule has 0 bridgehead atoms. The number of aryl methyl sites for hydroxylation is 2. The van der Waals surface area contributed by atoms with Gasteiger partial charge in [-0.25, -0.2) is 4.98 Å². The summed E-state index contributed by atoms with van der Waals surface area (Å²) in [6, 6.07) is 2.18. The summed E-state index contributed by atoms with van der Waals surface area (Å²) in [7, 11) is 0. The van der Waals surface area contributed by atoms with E-state index in [-0.39, 0.29) is 0 Å². The number of anilines is 1. The molecule has 0 saturated carbocycles. The molecule has 5 nitrogen and oxygen atoms in total. The highest BCUT2D eigenvalue weighted by molar-refractivity contribution is 7.09. The number of nitrogens with zero attached hydrogens (tertiary/aromatic N) is 4. The van der Waals surface area contributed by atoms with Gasteiger partial charge in [0.25, 0.3) is 0 Å². The van der Waals surface area contributed by atoms with E-state index in [2.05, 4.69) is 26.6 Å². The van der Waals surface area contributed by atoms with Gasteiger partial charge < -0.3 is 5.32 Å². The van der Waals surface area contributed by atoms with Crippen LogP contribution in [0.3, 0.4) is 0 Å². The minimum atomic E-state index is 0.553. The molecule has 0 aliphatic heterocycles. The van der Waals surface area contributed by atoms with Gasteiger partial charge in [0.15, 0.2) is 5.82 Å². The summed E-state index contributed by atoms with van der Waals surface area (Å²) in [5, 5.41) is 23.5. The Morgan fingerprint density at radius 3 is 2.74 bits per heavy atom. The predicted molar refractivity (Wildman–Crippen MR) is 75.3 cm³/mol. The lowest BCUT2D eigenvalue weighted by atomic mass is 10.1. The molecule has 98 valence electrons.